The van der Waals surface area contributed by atoms with Crippen LogP contribution in [0, 0.1) is 5.92 Å². The molecular formula is C15H24N4O. The third-order valence-electron chi connectivity index (χ3n) is 3.93. The van der Waals surface area contributed by atoms with Crippen LogP contribution in [0.1, 0.15) is 30.1 Å². The second kappa shape index (κ2) is 6.22. The number of carbonyl (C=O) groups is 1. The van der Waals surface area contributed by atoms with Gasteiger partial charge in [0.2, 0.25) is 0 Å². The molecule has 0 spiro atoms. The van der Waals surface area contributed by atoms with Gasteiger partial charge in [0.05, 0.1) is 5.56 Å². The first-order valence-electron chi connectivity index (χ1n) is 7.17. The van der Waals surface area contributed by atoms with Gasteiger partial charge in [-0.2, -0.15) is 0 Å². The lowest BCUT2D eigenvalue weighted by atomic mass is 9.92. The van der Waals surface area contributed by atoms with Gasteiger partial charge in [-0.3, -0.25) is 4.79 Å². The predicted molar refractivity (Wildman–Crippen MR) is 80.8 cm³/mol. The van der Waals surface area contributed by atoms with Gasteiger partial charge in [0, 0.05) is 39.4 Å². The smallest absolute Gasteiger partial charge is 0.254 e. The summed E-state index contributed by atoms with van der Waals surface area (Å²) in [6.07, 6.45) is 3.99. The zero-order valence-corrected chi connectivity index (χ0v) is 12.5. The zero-order chi connectivity index (χ0) is 14.7. The van der Waals surface area contributed by atoms with Crippen molar-refractivity contribution in [1.82, 2.24) is 9.88 Å². The first kappa shape index (κ1) is 14.8. The summed E-state index contributed by atoms with van der Waals surface area (Å²) in [7, 11) is 3.49. The van der Waals surface area contributed by atoms with Crippen LogP contribution in [0.25, 0.3) is 0 Å². The Labute approximate surface area is 120 Å². The Morgan fingerprint density at radius 1 is 1.50 bits per heavy atom. The minimum atomic E-state index is -0.0175. The Balaban J connectivity index is 2.08. The van der Waals surface area contributed by atoms with E-state index in [2.05, 4.69) is 16.8 Å². The normalized spacial score (nSPS) is 20.6. The van der Waals surface area contributed by atoms with E-state index < -0.39 is 0 Å². The van der Waals surface area contributed by atoms with Gasteiger partial charge >= 0.3 is 0 Å². The summed E-state index contributed by atoms with van der Waals surface area (Å²) in [5.74, 6) is 1.44. The Bertz CT molecular complexity index is 455. The first-order valence-corrected chi connectivity index (χ1v) is 7.17. The van der Waals surface area contributed by atoms with Gasteiger partial charge in [-0.15, -0.1) is 0 Å². The summed E-state index contributed by atoms with van der Waals surface area (Å²) >= 11 is 0. The van der Waals surface area contributed by atoms with Crippen molar-refractivity contribution >= 4 is 11.7 Å². The number of nitrogens with zero attached hydrogens (tertiary/aromatic N) is 3. The van der Waals surface area contributed by atoms with Gasteiger partial charge in [0.1, 0.15) is 5.82 Å². The second-order valence-corrected chi connectivity index (χ2v) is 5.81. The van der Waals surface area contributed by atoms with Crippen molar-refractivity contribution in [2.24, 2.45) is 11.7 Å². The molecule has 1 saturated heterocycles. The Morgan fingerprint density at radius 3 is 2.80 bits per heavy atom. The van der Waals surface area contributed by atoms with Crippen LogP contribution in [0.15, 0.2) is 18.3 Å². The number of piperidine rings is 1. The minimum absolute atomic E-state index is 0.0175. The van der Waals surface area contributed by atoms with Crippen LogP contribution in [-0.4, -0.2) is 49.0 Å². The molecule has 2 unspecified atom stereocenters. The van der Waals surface area contributed by atoms with E-state index in [0.29, 0.717) is 11.5 Å². The van der Waals surface area contributed by atoms with Crippen LogP contribution in [0.2, 0.25) is 0 Å². The second-order valence-electron chi connectivity index (χ2n) is 5.81. The Hall–Kier alpha value is -1.62. The number of rotatable bonds is 3. The monoisotopic (exact) mass is 276 g/mol. The van der Waals surface area contributed by atoms with Gasteiger partial charge in [-0.1, -0.05) is 0 Å². The van der Waals surface area contributed by atoms with Crippen molar-refractivity contribution in [1.29, 1.82) is 0 Å². The summed E-state index contributed by atoms with van der Waals surface area (Å²) in [6.45, 7) is 4.03. The zero-order valence-electron chi connectivity index (χ0n) is 12.5. The summed E-state index contributed by atoms with van der Waals surface area (Å²) in [5.41, 5.74) is 6.63. The van der Waals surface area contributed by atoms with E-state index in [-0.39, 0.29) is 11.9 Å². The first-order chi connectivity index (χ1) is 9.49. The quantitative estimate of drug-likeness (QED) is 0.905. The summed E-state index contributed by atoms with van der Waals surface area (Å²) in [6, 6.07) is 3.99. The van der Waals surface area contributed by atoms with Crippen LogP contribution in [0.3, 0.4) is 0 Å². The average molecular weight is 276 g/mol. The van der Waals surface area contributed by atoms with Crippen molar-refractivity contribution in [2.45, 2.75) is 25.8 Å². The molecule has 2 rings (SSSR count). The molecule has 0 saturated carbocycles. The van der Waals surface area contributed by atoms with Crippen LogP contribution in [0.5, 0.6) is 0 Å². The fraction of sp³-hybridized carbons (Fsp3) is 0.600. The average Bonchev–Trinajstić information content (AvgIpc) is 2.46. The largest absolute Gasteiger partial charge is 0.356 e. The summed E-state index contributed by atoms with van der Waals surface area (Å²) < 4.78 is 0. The molecule has 1 amide bonds. The molecule has 1 aliphatic heterocycles. The highest BCUT2D eigenvalue weighted by Gasteiger charge is 2.23. The highest BCUT2D eigenvalue weighted by atomic mass is 16.2. The molecule has 5 heteroatoms. The molecule has 0 aliphatic carbocycles. The van der Waals surface area contributed by atoms with E-state index in [4.69, 9.17) is 5.73 Å². The topological polar surface area (TPSA) is 62.5 Å². The summed E-state index contributed by atoms with van der Waals surface area (Å²) in [4.78, 5) is 20.1. The highest BCUT2D eigenvalue weighted by Crippen LogP contribution is 2.23. The van der Waals surface area contributed by atoms with Gasteiger partial charge in [0.15, 0.2) is 0 Å². The standard InChI is InChI=1S/C15H24N4O/c1-11(16)13-5-4-8-19(10-13)14-7-6-12(9-17-14)15(20)18(2)3/h6-7,9,11,13H,4-5,8,10,16H2,1-3H3. The molecule has 1 aromatic rings. The lowest BCUT2D eigenvalue weighted by molar-refractivity contribution is 0.0827. The number of anilines is 1. The molecule has 20 heavy (non-hydrogen) atoms. The molecule has 2 atom stereocenters. The van der Waals surface area contributed by atoms with E-state index >= 15 is 0 Å². The lowest BCUT2D eigenvalue weighted by Gasteiger charge is -2.35. The van der Waals surface area contributed by atoms with E-state index in [1.165, 1.54) is 6.42 Å². The predicted octanol–water partition coefficient (Wildman–Crippen LogP) is 1.35. The fourth-order valence-corrected chi connectivity index (χ4v) is 2.61. The SMILES string of the molecule is CC(N)C1CCCN(c2ccc(C(=O)N(C)C)cn2)C1. The molecule has 2 heterocycles. The van der Waals surface area contributed by atoms with E-state index in [1.807, 2.05) is 12.1 Å². The minimum Gasteiger partial charge on any atom is -0.356 e. The van der Waals surface area contributed by atoms with Gasteiger partial charge in [-0.25, -0.2) is 4.98 Å². The van der Waals surface area contributed by atoms with Crippen molar-refractivity contribution in [3.63, 3.8) is 0 Å². The molecule has 0 bridgehead atoms. The lowest BCUT2D eigenvalue weighted by Crippen LogP contribution is -2.42. The van der Waals surface area contributed by atoms with Crippen molar-refractivity contribution in [3.05, 3.63) is 23.9 Å². The maximum absolute atomic E-state index is 11.8. The van der Waals surface area contributed by atoms with E-state index in [0.717, 1.165) is 25.3 Å². The van der Waals surface area contributed by atoms with E-state index in [9.17, 15) is 4.79 Å². The van der Waals surface area contributed by atoms with Crippen molar-refractivity contribution in [2.75, 3.05) is 32.1 Å². The van der Waals surface area contributed by atoms with Gasteiger partial charge in [-0.05, 0) is 37.8 Å². The Kier molecular flexibility index (Phi) is 4.60. The number of carbonyl (C=O) groups excluding carboxylic acids is 1. The molecule has 5 nitrogen and oxygen atoms in total. The molecule has 1 aliphatic rings. The number of hydrogen-bond acceptors (Lipinski definition) is 4. The van der Waals surface area contributed by atoms with Gasteiger partial charge < -0.3 is 15.5 Å². The molecule has 2 N–H and O–H groups in total. The van der Waals surface area contributed by atoms with Crippen LogP contribution >= 0.6 is 0 Å². The number of pyridine rings is 1. The van der Waals surface area contributed by atoms with E-state index in [1.54, 1.807) is 25.2 Å². The van der Waals surface area contributed by atoms with Crippen molar-refractivity contribution in [3.8, 4) is 0 Å². The third kappa shape index (κ3) is 3.28. The number of hydrogen-bond donors (Lipinski definition) is 1. The van der Waals surface area contributed by atoms with Crippen molar-refractivity contribution < 1.29 is 4.79 Å². The molecule has 1 aromatic heterocycles. The highest BCUT2D eigenvalue weighted by molar-refractivity contribution is 5.93. The number of nitrogens with two attached hydrogens (primary N) is 1. The fourth-order valence-electron chi connectivity index (χ4n) is 2.61. The maximum Gasteiger partial charge on any atom is 0.254 e. The summed E-state index contributed by atoms with van der Waals surface area (Å²) in [5, 5.41) is 0. The number of aromatic nitrogens is 1. The molecular weight excluding hydrogens is 252 g/mol. The maximum atomic E-state index is 11.8. The molecule has 0 aromatic carbocycles. The van der Waals surface area contributed by atoms with Crippen LogP contribution < -0.4 is 10.6 Å². The molecule has 110 valence electrons. The molecule has 1 fully saturated rings. The molecule has 0 radical (unpaired) electrons. The number of amides is 1. The third-order valence-corrected chi connectivity index (χ3v) is 3.93. The van der Waals surface area contributed by atoms with Crippen LogP contribution in [-0.2, 0) is 0 Å². The van der Waals surface area contributed by atoms with Crippen LogP contribution in [0.4, 0.5) is 5.82 Å². The Morgan fingerprint density at radius 2 is 2.25 bits per heavy atom. The van der Waals surface area contributed by atoms with Gasteiger partial charge in [0.25, 0.3) is 5.91 Å².